The minimum Gasteiger partial charge on any atom is -0.307 e. The van der Waals surface area contributed by atoms with Crippen LogP contribution in [0.2, 0.25) is 0 Å². The Hall–Kier alpha value is -10.5. The predicted octanol–water partition coefficient (Wildman–Crippen LogP) is 22.3. The Morgan fingerprint density at radius 1 is 0.286 bits per heavy atom. The molecule has 14 aromatic rings. The molecule has 398 valence electrons. The van der Waals surface area contributed by atoms with Crippen molar-refractivity contribution in [3.63, 3.8) is 0 Å². The summed E-state index contributed by atoms with van der Waals surface area (Å²) in [6.07, 6.45) is 0. The highest BCUT2D eigenvalue weighted by Gasteiger charge is 2.49. The minimum absolute atomic E-state index is 0.357. The molecule has 13 aromatic carbocycles. The van der Waals surface area contributed by atoms with E-state index in [1.807, 2.05) is 133 Å². The first-order chi connectivity index (χ1) is 41.5. The van der Waals surface area contributed by atoms with E-state index in [2.05, 4.69) is 180 Å². The highest BCUT2D eigenvalue weighted by atomic mass is 32.1. The molecule has 1 aliphatic rings. The number of thiophene rings is 1. The topological polar surface area (TPSA) is 6.48 Å². The molecular weight excluding hydrogens is 1050 g/mol. The zero-order chi connectivity index (χ0) is 56.1. The maximum Gasteiger partial charge on any atom is 0.148 e. The predicted molar refractivity (Wildman–Crippen MR) is 348 cm³/mol. The SMILES string of the molecule is Fc1cc(-c2ccccc2)cc(-c2ccccc2)c1N(c1ccccc1)c1ccc2c(c1)C(c1ccccc1)(c1ccccc1)c1cc3c(sc4ccccc43)c(N(c3ccccc3)c3c(F)cc(-c4ccccc4)cc3-c3ccccc3)c1-2. The van der Waals surface area contributed by atoms with Crippen molar-refractivity contribution in [1.82, 2.24) is 0 Å². The van der Waals surface area contributed by atoms with Crippen LogP contribution in [0, 0.1) is 11.6 Å². The molecule has 0 saturated heterocycles. The van der Waals surface area contributed by atoms with Crippen LogP contribution < -0.4 is 9.80 Å². The largest absolute Gasteiger partial charge is 0.307 e. The van der Waals surface area contributed by atoms with Gasteiger partial charge in [-0.3, -0.25) is 0 Å². The Morgan fingerprint density at radius 2 is 0.702 bits per heavy atom. The highest BCUT2D eigenvalue weighted by Crippen LogP contribution is 2.64. The molecule has 0 N–H and O–H groups in total. The van der Waals surface area contributed by atoms with Gasteiger partial charge < -0.3 is 9.80 Å². The van der Waals surface area contributed by atoms with Gasteiger partial charge in [-0.05, 0) is 134 Å². The average molecular weight is 1100 g/mol. The number of hydrogen-bond acceptors (Lipinski definition) is 3. The zero-order valence-corrected chi connectivity index (χ0v) is 46.4. The number of anilines is 6. The first-order valence-electron chi connectivity index (χ1n) is 28.4. The second-order valence-corrected chi connectivity index (χ2v) is 22.4. The van der Waals surface area contributed by atoms with Gasteiger partial charge in [0.25, 0.3) is 0 Å². The lowest BCUT2D eigenvalue weighted by Gasteiger charge is -2.36. The number of nitrogens with zero attached hydrogens (tertiary/aromatic N) is 2. The van der Waals surface area contributed by atoms with E-state index in [4.69, 9.17) is 0 Å². The fraction of sp³-hybridized carbons (Fsp3) is 0.0127. The molecule has 1 heterocycles. The Labute approximate surface area is 491 Å². The third-order valence-electron chi connectivity index (χ3n) is 16.6. The van der Waals surface area contributed by atoms with Crippen molar-refractivity contribution in [3.05, 3.63) is 349 Å². The standard InChI is InChI=1S/C79H52F2N2S/c80-71-49-57(53-27-9-1-10-28-53)47-66(55-31-13-3-14-32-55)75(71)82(61-39-21-7-22-40-61)63-45-46-65-69(51-63)79(59-35-17-5-18-36-59,60-37-19-6-20-38-60)70-52-68-64-43-25-26-44-73(64)84-78(68)77(74(65)70)83(62-41-23-8-24-42-62)76-67(56-33-15-4-16-34-56)48-58(50-72(76)81)54-29-11-2-12-30-54/h1-52H. The maximum atomic E-state index is 18.7. The van der Waals surface area contributed by atoms with Crippen LogP contribution in [0.4, 0.5) is 42.9 Å². The summed E-state index contributed by atoms with van der Waals surface area (Å²) in [6, 6.07) is 108. The molecule has 0 saturated carbocycles. The molecule has 15 rings (SSSR count). The van der Waals surface area contributed by atoms with E-state index in [0.29, 0.717) is 11.4 Å². The van der Waals surface area contributed by atoms with Gasteiger partial charge in [0.15, 0.2) is 0 Å². The minimum atomic E-state index is -0.976. The Bertz CT molecular complexity index is 4670. The van der Waals surface area contributed by atoms with E-state index >= 15 is 8.78 Å². The third kappa shape index (κ3) is 8.43. The summed E-state index contributed by atoms with van der Waals surface area (Å²) >= 11 is 1.74. The van der Waals surface area contributed by atoms with Crippen LogP contribution in [0.15, 0.2) is 315 Å². The number of rotatable bonds is 12. The second-order valence-electron chi connectivity index (χ2n) is 21.3. The first-order valence-corrected chi connectivity index (χ1v) is 29.2. The summed E-state index contributed by atoms with van der Waals surface area (Å²) in [6.45, 7) is 0. The van der Waals surface area contributed by atoms with Crippen molar-refractivity contribution < 1.29 is 8.78 Å². The fourth-order valence-corrected chi connectivity index (χ4v) is 14.2. The molecule has 0 amide bonds. The van der Waals surface area contributed by atoms with Gasteiger partial charge >= 0.3 is 0 Å². The summed E-state index contributed by atoms with van der Waals surface area (Å²) in [7, 11) is 0. The molecule has 0 aliphatic heterocycles. The van der Waals surface area contributed by atoms with Crippen molar-refractivity contribution in [2.24, 2.45) is 0 Å². The molecule has 0 bridgehead atoms. The number of halogens is 2. The summed E-state index contributed by atoms with van der Waals surface area (Å²) < 4.78 is 39.1. The molecule has 0 unspecified atom stereocenters. The van der Waals surface area contributed by atoms with Crippen molar-refractivity contribution in [3.8, 4) is 55.6 Å². The van der Waals surface area contributed by atoms with Crippen molar-refractivity contribution in [2.45, 2.75) is 5.41 Å². The van der Waals surface area contributed by atoms with Crippen LogP contribution in [0.25, 0.3) is 75.8 Å². The molecule has 5 heteroatoms. The molecule has 2 nitrogen and oxygen atoms in total. The van der Waals surface area contributed by atoms with Crippen molar-refractivity contribution in [2.75, 3.05) is 9.80 Å². The lowest BCUT2D eigenvalue weighted by Crippen LogP contribution is -2.29. The van der Waals surface area contributed by atoms with E-state index in [-0.39, 0.29) is 11.6 Å². The Morgan fingerprint density at radius 3 is 1.20 bits per heavy atom. The van der Waals surface area contributed by atoms with Crippen LogP contribution in [0.5, 0.6) is 0 Å². The third-order valence-corrected chi connectivity index (χ3v) is 17.8. The van der Waals surface area contributed by atoms with Gasteiger partial charge in [-0.15, -0.1) is 11.3 Å². The second kappa shape index (κ2) is 21.1. The van der Waals surface area contributed by atoms with E-state index in [1.54, 1.807) is 23.5 Å². The fourth-order valence-electron chi connectivity index (χ4n) is 13.0. The molecule has 0 fully saturated rings. The van der Waals surface area contributed by atoms with Gasteiger partial charge in [0.05, 0.1) is 27.2 Å². The van der Waals surface area contributed by atoms with Gasteiger partial charge in [-0.2, -0.15) is 0 Å². The van der Waals surface area contributed by atoms with Crippen LogP contribution in [0.1, 0.15) is 22.3 Å². The van der Waals surface area contributed by atoms with Gasteiger partial charge in [0.1, 0.15) is 11.6 Å². The number of hydrogen-bond donors (Lipinski definition) is 0. The number of para-hydroxylation sites is 2. The molecule has 0 spiro atoms. The number of fused-ring (bicyclic) bond motifs is 6. The molecule has 0 atom stereocenters. The number of benzene rings is 13. The average Bonchev–Trinajstić information content (AvgIpc) is 2.03. The van der Waals surface area contributed by atoms with Gasteiger partial charge in [0, 0.05) is 49.2 Å². The molecule has 0 radical (unpaired) electrons. The zero-order valence-electron chi connectivity index (χ0n) is 45.6. The van der Waals surface area contributed by atoms with E-state index in [0.717, 1.165) is 121 Å². The summed E-state index contributed by atoms with van der Waals surface area (Å²) in [5.74, 6) is -0.715. The van der Waals surface area contributed by atoms with E-state index < -0.39 is 5.41 Å². The summed E-state index contributed by atoms with van der Waals surface area (Å²) in [5, 5.41) is 2.18. The highest BCUT2D eigenvalue weighted by molar-refractivity contribution is 7.26. The van der Waals surface area contributed by atoms with Crippen LogP contribution in [-0.2, 0) is 5.41 Å². The van der Waals surface area contributed by atoms with Crippen LogP contribution in [0.3, 0.4) is 0 Å². The van der Waals surface area contributed by atoms with Crippen LogP contribution in [-0.4, -0.2) is 0 Å². The lowest BCUT2D eigenvalue weighted by molar-refractivity contribution is 0.629. The Balaban J connectivity index is 1.09. The van der Waals surface area contributed by atoms with Crippen molar-refractivity contribution in [1.29, 1.82) is 0 Å². The Kier molecular flexibility index (Phi) is 12.7. The van der Waals surface area contributed by atoms with Crippen LogP contribution >= 0.6 is 11.3 Å². The molecule has 1 aliphatic carbocycles. The lowest BCUT2D eigenvalue weighted by atomic mass is 9.67. The van der Waals surface area contributed by atoms with Crippen molar-refractivity contribution >= 4 is 65.6 Å². The summed E-state index contributed by atoms with van der Waals surface area (Å²) in [4.78, 5) is 4.30. The maximum absolute atomic E-state index is 18.7. The smallest absolute Gasteiger partial charge is 0.148 e. The van der Waals surface area contributed by atoms with Gasteiger partial charge in [0.2, 0.25) is 0 Å². The van der Waals surface area contributed by atoms with E-state index in [1.165, 1.54) is 0 Å². The van der Waals surface area contributed by atoms with E-state index in [9.17, 15) is 0 Å². The summed E-state index contributed by atoms with van der Waals surface area (Å²) in [5.41, 5.74) is 16.0. The molecular formula is C79H52F2N2S. The van der Waals surface area contributed by atoms with Gasteiger partial charge in [-0.1, -0.05) is 243 Å². The normalized spacial score (nSPS) is 12.3. The quantitative estimate of drug-likeness (QED) is 0.120. The van der Waals surface area contributed by atoms with Gasteiger partial charge in [-0.25, -0.2) is 8.78 Å². The molecule has 84 heavy (non-hydrogen) atoms. The molecule has 1 aromatic heterocycles. The first kappa shape index (κ1) is 50.5. The monoisotopic (exact) mass is 1100 g/mol.